The fourth-order valence-electron chi connectivity index (χ4n) is 3.75. The van der Waals surface area contributed by atoms with Gasteiger partial charge in [-0.1, -0.05) is 42.5 Å². The quantitative estimate of drug-likeness (QED) is 0.540. The topological polar surface area (TPSA) is 66.9 Å². The fraction of sp³-hybridized carbons (Fsp3) is 0.222. The summed E-state index contributed by atoms with van der Waals surface area (Å²) in [6.45, 7) is 3.85. The number of piperazine rings is 1. The Kier molecular flexibility index (Phi) is 6.83. The van der Waals surface area contributed by atoms with Crippen LogP contribution in [0.4, 0.5) is 0 Å². The number of carbonyl (C=O) groups excluding carboxylic acids is 3. The lowest BCUT2D eigenvalue weighted by Gasteiger charge is -2.35. The van der Waals surface area contributed by atoms with Crippen LogP contribution in [0.5, 0.6) is 5.75 Å². The maximum absolute atomic E-state index is 12.9. The van der Waals surface area contributed by atoms with Crippen LogP contribution in [0, 0.1) is 0 Å². The zero-order chi connectivity index (χ0) is 23.2. The number of nitrogens with zero attached hydrogens (tertiary/aromatic N) is 2. The standard InChI is InChI=1S/C27H26N2O4/c1-20(30)22-11-13-24(14-12-22)27(32)29-17-15-28(16-18-29)26(31)23-9-7-21(8-10-23)19-33-25-5-3-2-4-6-25/h2-14H,15-19H2,1H3. The van der Waals surface area contributed by atoms with Gasteiger partial charge in [0.05, 0.1) is 0 Å². The monoisotopic (exact) mass is 442 g/mol. The summed E-state index contributed by atoms with van der Waals surface area (Å²) in [4.78, 5) is 40.6. The van der Waals surface area contributed by atoms with Crippen molar-refractivity contribution in [2.24, 2.45) is 0 Å². The highest BCUT2D eigenvalue weighted by Crippen LogP contribution is 2.15. The first-order chi connectivity index (χ1) is 16.0. The van der Waals surface area contributed by atoms with E-state index >= 15 is 0 Å². The molecule has 0 radical (unpaired) electrons. The number of amides is 2. The van der Waals surface area contributed by atoms with Crippen LogP contribution in [0.1, 0.15) is 43.6 Å². The van der Waals surface area contributed by atoms with Crippen molar-refractivity contribution < 1.29 is 19.1 Å². The lowest BCUT2D eigenvalue weighted by atomic mass is 10.1. The van der Waals surface area contributed by atoms with Crippen molar-refractivity contribution in [3.63, 3.8) is 0 Å². The summed E-state index contributed by atoms with van der Waals surface area (Å²) >= 11 is 0. The van der Waals surface area contributed by atoms with Gasteiger partial charge >= 0.3 is 0 Å². The van der Waals surface area contributed by atoms with Crippen LogP contribution < -0.4 is 4.74 Å². The van der Waals surface area contributed by atoms with E-state index in [-0.39, 0.29) is 17.6 Å². The number of carbonyl (C=O) groups is 3. The number of ether oxygens (including phenoxy) is 1. The molecule has 1 fully saturated rings. The molecule has 2 amide bonds. The average Bonchev–Trinajstić information content (AvgIpc) is 2.87. The summed E-state index contributed by atoms with van der Waals surface area (Å²) in [6.07, 6.45) is 0. The molecule has 0 atom stereocenters. The molecule has 6 nitrogen and oxygen atoms in total. The van der Waals surface area contributed by atoms with Crippen molar-refractivity contribution in [1.82, 2.24) is 9.80 Å². The molecule has 3 aromatic rings. The van der Waals surface area contributed by atoms with Gasteiger partial charge in [-0.15, -0.1) is 0 Å². The fourth-order valence-corrected chi connectivity index (χ4v) is 3.75. The van der Waals surface area contributed by atoms with Crippen LogP contribution in [0.3, 0.4) is 0 Å². The molecule has 0 unspecified atom stereocenters. The zero-order valence-electron chi connectivity index (χ0n) is 18.6. The van der Waals surface area contributed by atoms with Gasteiger partial charge in [0.1, 0.15) is 12.4 Å². The Morgan fingerprint density at radius 2 is 1.12 bits per heavy atom. The second kappa shape index (κ2) is 10.1. The van der Waals surface area contributed by atoms with E-state index in [0.717, 1.165) is 11.3 Å². The van der Waals surface area contributed by atoms with Gasteiger partial charge in [0.25, 0.3) is 11.8 Å². The molecule has 6 heteroatoms. The summed E-state index contributed by atoms with van der Waals surface area (Å²) in [5.41, 5.74) is 2.74. The van der Waals surface area contributed by atoms with E-state index in [0.29, 0.717) is 49.5 Å². The first-order valence-corrected chi connectivity index (χ1v) is 11.0. The van der Waals surface area contributed by atoms with Crippen molar-refractivity contribution >= 4 is 17.6 Å². The molecule has 1 aliphatic rings. The molecule has 3 aromatic carbocycles. The highest BCUT2D eigenvalue weighted by atomic mass is 16.5. The Morgan fingerprint density at radius 1 is 0.667 bits per heavy atom. The number of para-hydroxylation sites is 1. The third-order valence-electron chi connectivity index (χ3n) is 5.74. The number of Topliss-reactive ketones (excluding diaryl/α,β-unsaturated/α-hetero) is 1. The Labute approximate surface area is 193 Å². The maximum atomic E-state index is 12.9. The van der Waals surface area contributed by atoms with Crippen LogP contribution in [0.15, 0.2) is 78.9 Å². The molecule has 1 saturated heterocycles. The van der Waals surface area contributed by atoms with E-state index in [2.05, 4.69) is 0 Å². The number of benzene rings is 3. The Hall–Kier alpha value is -3.93. The number of rotatable bonds is 6. The summed E-state index contributed by atoms with van der Waals surface area (Å²) in [5, 5.41) is 0. The highest BCUT2D eigenvalue weighted by Gasteiger charge is 2.25. The smallest absolute Gasteiger partial charge is 0.253 e. The molecule has 0 saturated carbocycles. The van der Waals surface area contributed by atoms with Crippen molar-refractivity contribution in [3.8, 4) is 5.75 Å². The summed E-state index contributed by atoms with van der Waals surface area (Å²) in [6, 6.07) is 23.8. The van der Waals surface area contributed by atoms with Gasteiger partial charge in [-0.25, -0.2) is 0 Å². The summed E-state index contributed by atoms with van der Waals surface area (Å²) in [7, 11) is 0. The lowest BCUT2D eigenvalue weighted by Crippen LogP contribution is -2.50. The second-order valence-corrected chi connectivity index (χ2v) is 8.02. The predicted molar refractivity (Wildman–Crippen MR) is 125 cm³/mol. The van der Waals surface area contributed by atoms with Crippen LogP contribution in [-0.2, 0) is 6.61 Å². The molecule has 1 heterocycles. The van der Waals surface area contributed by atoms with E-state index in [1.165, 1.54) is 6.92 Å². The Balaban J connectivity index is 1.29. The molecular formula is C27H26N2O4. The van der Waals surface area contributed by atoms with Gasteiger partial charge in [0, 0.05) is 42.9 Å². The van der Waals surface area contributed by atoms with E-state index in [4.69, 9.17) is 4.74 Å². The normalized spacial score (nSPS) is 13.5. The first-order valence-electron chi connectivity index (χ1n) is 11.0. The third-order valence-corrected chi connectivity index (χ3v) is 5.74. The summed E-state index contributed by atoms with van der Waals surface area (Å²) in [5.74, 6) is 0.654. The van der Waals surface area contributed by atoms with Crippen LogP contribution >= 0.6 is 0 Å². The van der Waals surface area contributed by atoms with Gasteiger partial charge in [0.15, 0.2) is 5.78 Å². The van der Waals surface area contributed by atoms with Gasteiger partial charge < -0.3 is 14.5 Å². The van der Waals surface area contributed by atoms with Crippen molar-refractivity contribution in [2.45, 2.75) is 13.5 Å². The van der Waals surface area contributed by atoms with Crippen molar-refractivity contribution in [3.05, 3.63) is 101 Å². The molecular weight excluding hydrogens is 416 g/mol. The van der Waals surface area contributed by atoms with Crippen LogP contribution in [-0.4, -0.2) is 53.6 Å². The van der Waals surface area contributed by atoms with E-state index in [9.17, 15) is 14.4 Å². The Bertz CT molecular complexity index is 1120. The number of ketones is 1. The molecule has 0 aliphatic carbocycles. The second-order valence-electron chi connectivity index (χ2n) is 8.02. The minimum Gasteiger partial charge on any atom is -0.489 e. The maximum Gasteiger partial charge on any atom is 0.253 e. The predicted octanol–water partition coefficient (Wildman–Crippen LogP) is 4.07. The van der Waals surface area contributed by atoms with Gasteiger partial charge in [-0.2, -0.15) is 0 Å². The highest BCUT2D eigenvalue weighted by molar-refractivity contribution is 5.98. The van der Waals surface area contributed by atoms with Crippen LogP contribution in [0.2, 0.25) is 0 Å². The minimum absolute atomic E-state index is 0.0297. The van der Waals surface area contributed by atoms with E-state index in [1.807, 2.05) is 54.6 Å². The van der Waals surface area contributed by atoms with E-state index < -0.39 is 0 Å². The SMILES string of the molecule is CC(=O)c1ccc(C(=O)N2CCN(C(=O)c3ccc(COc4ccccc4)cc3)CC2)cc1. The largest absolute Gasteiger partial charge is 0.489 e. The summed E-state index contributed by atoms with van der Waals surface area (Å²) < 4.78 is 5.75. The molecule has 0 N–H and O–H groups in total. The Morgan fingerprint density at radius 3 is 1.61 bits per heavy atom. The first kappa shape index (κ1) is 22.3. The molecule has 168 valence electrons. The zero-order valence-corrected chi connectivity index (χ0v) is 18.6. The van der Waals surface area contributed by atoms with Crippen LogP contribution in [0.25, 0.3) is 0 Å². The van der Waals surface area contributed by atoms with Gasteiger partial charge in [0.2, 0.25) is 0 Å². The van der Waals surface area contributed by atoms with Gasteiger partial charge in [-0.05, 0) is 48.9 Å². The number of hydrogen-bond donors (Lipinski definition) is 0. The minimum atomic E-state index is -0.0834. The molecule has 33 heavy (non-hydrogen) atoms. The third kappa shape index (κ3) is 5.47. The number of hydrogen-bond acceptors (Lipinski definition) is 4. The molecule has 0 bridgehead atoms. The average molecular weight is 443 g/mol. The lowest BCUT2D eigenvalue weighted by molar-refractivity contribution is 0.0535. The van der Waals surface area contributed by atoms with Crippen molar-refractivity contribution in [1.29, 1.82) is 0 Å². The van der Waals surface area contributed by atoms with E-state index in [1.54, 1.807) is 34.1 Å². The molecule has 4 rings (SSSR count). The molecule has 1 aliphatic heterocycles. The molecule has 0 aromatic heterocycles. The molecule has 0 spiro atoms. The van der Waals surface area contributed by atoms with Gasteiger partial charge in [-0.3, -0.25) is 14.4 Å². The van der Waals surface area contributed by atoms with Crippen molar-refractivity contribution in [2.75, 3.05) is 26.2 Å².